The summed E-state index contributed by atoms with van der Waals surface area (Å²) in [4.78, 5) is 61.7. The van der Waals surface area contributed by atoms with E-state index < -0.39 is 23.3 Å². The summed E-state index contributed by atoms with van der Waals surface area (Å²) in [5.74, 6) is -1.24. The molecule has 0 spiro atoms. The molecule has 2 aromatic carbocycles. The summed E-state index contributed by atoms with van der Waals surface area (Å²) in [6.45, 7) is 12.2. The fourth-order valence-corrected chi connectivity index (χ4v) is 5.35. The second-order valence-corrected chi connectivity index (χ2v) is 11.4. The molecule has 0 saturated heterocycles. The van der Waals surface area contributed by atoms with E-state index >= 15 is 0 Å². The number of aliphatic carboxylic acids is 1. The molecule has 2 aromatic heterocycles. The Morgan fingerprint density at radius 1 is 0.725 bits per heavy atom. The molecule has 0 aliphatic carbocycles. The average molecular weight is 709 g/mol. The lowest BCUT2D eigenvalue weighted by Gasteiger charge is -2.21. The van der Waals surface area contributed by atoms with Gasteiger partial charge in [0.2, 0.25) is 0 Å². The molecule has 0 saturated carbocycles. The van der Waals surface area contributed by atoms with Crippen molar-refractivity contribution in [2.45, 2.75) is 66.6 Å². The molecular formula is C37H48N4O10. The van der Waals surface area contributed by atoms with Gasteiger partial charge in [-0.1, -0.05) is 0 Å². The van der Waals surface area contributed by atoms with Gasteiger partial charge in [-0.25, -0.2) is 14.4 Å². The van der Waals surface area contributed by atoms with Crippen LogP contribution in [-0.2, 0) is 32.3 Å². The number of nitrogens with one attached hydrogen (secondary N) is 1. The number of fused-ring (bicyclic) bond motifs is 2. The number of rotatable bonds is 17. The Labute approximate surface area is 296 Å². The molecule has 0 radical (unpaired) electrons. The molecule has 1 amide bonds. The van der Waals surface area contributed by atoms with Gasteiger partial charge in [0.25, 0.3) is 0 Å². The van der Waals surface area contributed by atoms with Crippen molar-refractivity contribution < 1.29 is 37.8 Å². The summed E-state index contributed by atoms with van der Waals surface area (Å²) in [6, 6.07) is 14.0. The summed E-state index contributed by atoms with van der Waals surface area (Å²) >= 11 is 0. The molecular weight excluding hydrogens is 660 g/mol. The molecule has 14 nitrogen and oxygen atoms in total. The van der Waals surface area contributed by atoms with Gasteiger partial charge in [-0.2, -0.15) is 0 Å². The van der Waals surface area contributed by atoms with Gasteiger partial charge in [0.15, 0.2) is 0 Å². The molecule has 0 atom stereocenters. The van der Waals surface area contributed by atoms with Crippen LogP contribution < -0.4 is 32.1 Å². The highest BCUT2D eigenvalue weighted by atomic mass is 16.5. The Morgan fingerprint density at radius 2 is 1.22 bits per heavy atom. The van der Waals surface area contributed by atoms with E-state index in [1.807, 2.05) is 44.2 Å². The van der Waals surface area contributed by atoms with Crippen LogP contribution in [0.25, 0.3) is 21.9 Å². The number of benzene rings is 2. The molecule has 0 fully saturated rings. The summed E-state index contributed by atoms with van der Waals surface area (Å²) in [6.07, 6.45) is 0.489. The van der Waals surface area contributed by atoms with Crippen LogP contribution in [0, 0.1) is 0 Å². The molecule has 4 aromatic rings. The highest BCUT2D eigenvalue weighted by molar-refractivity contribution is 5.85. The first-order chi connectivity index (χ1) is 24.5. The van der Waals surface area contributed by atoms with Crippen LogP contribution in [0.15, 0.2) is 67.0 Å². The zero-order chi connectivity index (χ0) is 37.3. The first-order valence-corrected chi connectivity index (χ1v) is 17.1. The minimum atomic E-state index is -0.920. The third-order valence-corrected chi connectivity index (χ3v) is 8.05. The fraction of sp³-hybridized carbons (Fsp3) is 0.432. The molecule has 0 aliphatic rings. The minimum Gasteiger partial charge on any atom is -0.481 e. The van der Waals surface area contributed by atoms with E-state index in [4.69, 9.17) is 29.1 Å². The number of carbonyl (C=O) groups excluding carboxylic acids is 2. The van der Waals surface area contributed by atoms with Crippen LogP contribution in [0.2, 0.25) is 0 Å². The fourth-order valence-electron chi connectivity index (χ4n) is 5.35. The van der Waals surface area contributed by atoms with E-state index in [9.17, 15) is 24.0 Å². The van der Waals surface area contributed by atoms with E-state index in [1.165, 1.54) is 12.1 Å². The van der Waals surface area contributed by atoms with Crippen molar-refractivity contribution in [2.75, 3.05) is 49.1 Å². The van der Waals surface area contributed by atoms with Crippen molar-refractivity contribution >= 4 is 51.3 Å². The summed E-state index contributed by atoms with van der Waals surface area (Å²) in [5, 5.41) is 12.5. The first kappa shape index (κ1) is 40.1. The van der Waals surface area contributed by atoms with Crippen LogP contribution in [0.5, 0.6) is 0 Å². The molecule has 51 heavy (non-hydrogen) atoms. The highest BCUT2D eigenvalue weighted by Crippen LogP contribution is 2.25. The maximum absolute atomic E-state index is 11.9. The first-order valence-electron chi connectivity index (χ1n) is 17.1. The van der Waals surface area contributed by atoms with Gasteiger partial charge < -0.3 is 44.3 Å². The zero-order valence-electron chi connectivity index (χ0n) is 29.7. The van der Waals surface area contributed by atoms with Gasteiger partial charge in [-0.05, 0) is 71.3 Å². The molecule has 0 bridgehead atoms. The largest absolute Gasteiger partial charge is 0.481 e. The van der Waals surface area contributed by atoms with E-state index in [-0.39, 0.29) is 38.6 Å². The Hall–Kier alpha value is -5.37. The second-order valence-electron chi connectivity index (χ2n) is 11.4. The SMILES string of the molecule is CCN(CC)c1ccc2c(COC(=O)CCCN)cc(=O)oc2c1.CCN(CC)c1ccc2c(COC(=O)NCCCC(=O)O)cc(=O)oc2c1. The molecule has 4 rings (SSSR count). The van der Waals surface area contributed by atoms with E-state index in [0.29, 0.717) is 47.1 Å². The summed E-state index contributed by atoms with van der Waals surface area (Å²) in [7, 11) is 0. The van der Waals surface area contributed by atoms with E-state index in [1.54, 1.807) is 6.07 Å². The predicted molar refractivity (Wildman–Crippen MR) is 195 cm³/mol. The number of ether oxygens (including phenoxy) is 2. The number of esters is 1. The molecule has 2 heterocycles. The van der Waals surface area contributed by atoms with Crippen molar-refractivity contribution in [3.63, 3.8) is 0 Å². The van der Waals surface area contributed by atoms with Crippen molar-refractivity contribution in [3.8, 4) is 0 Å². The number of anilines is 2. The van der Waals surface area contributed by atoms with Crippen molar-refractivity contribution in [1.29, 1.82) is 0 Å². The van der Waals surface area contributed by atoms with E-state index in [0.717, 1.165) is 42.9 Å². The lowest BCUT2D eigenvalue weighted by molar-refractivity contribution is -0.145. The Balaban J connectivity index is 0.000000277. The smallest absolute Gasteiger partial charge is 0.407 e. The van der Waals surface area contributed by atoms with Crippen molar-refractivity contribution in [2.24, 2.45) is 5.73 Å². The summed E-state index contributed by atoms with van der Waals surface area (Å²) in [5.41, 5.74) is 8.48. The van der Waals surface area contributed by atoms with Crippen molar-refractivity contribution in [3.05, 3.63) is 80.5 Å². The number of carbonyl (C=O) groups is 3. The molecule has 0 aliphatic heterocycles. The molecule has 4 N–H and O–H groups in total. The van der Waals surface area contributed by atoms with Crippen LogP contribution in [0.1, 0.15) is 64.5 Å². The molecule has 14 heteroatoms. The van der Waals surface area contributed by atoms with Crippen LogP contribution in [0.3, 0.4) is 0 Å². The zero-order valence-corrected chi connectivity index (χ0v) is 29.7. The normalized spacial score (nSPS) is 10.7. The number of carboxylic acids is 1. The summed E-state index contributed by atoms with van der Waals surface area (Å²) < 4.78 is 21.0. The molecule has 276 valence electrons. The lowest BCUT2D eigenvalue weighted by atomic mass is 10.1. The number of carboxylic acid groups (broad SMARTS) is 1. The van der Waals surface area contributed by atoms with Crippen LogP contribution in [0.4, 0.5) is 16.2 Å². The van der Waals surface area contributed by atoms with E-state index in [2.05, 4.69) is 29.0 Å². The number of amides is 1. The maximum atomic E-state index is 11.9. The van der Waals surface area contributed by atoms with Gasteiger partial charge in [0, 0.05) is 103 Å². The third-order valence-electron chi connectivity index (χ3n) is 8.05. The van der Waals surface area contributed by atoms with Gasteiger partial charge in [0.1, 0.15) is 24.4 Å². The average Bonchev–Trinajstić information content (AvgIpc) is 3.11. The van der Waals surface area contributed by atoms with Gasteiger partial charge in [-0.3, -0.25) is 9.59 Å². The quantitative estimate of drug-likeness (QED) is 0.0741. The second kappa shape index (κ2) is 20.3. The van der Waals surface area contributed by atoms with Gasteiger partial charge in [0.05, 0.1) is 0 Å². The van der Waals surface area contributed by atoms with Gasteiger partial charge in [-0.15, -0.1) is 0 Å². The Bertz CT molecular complexity index is 1880. The maximum Gasteiger partial charge on any atom is 0.407 e. The predicted octanol–water partition coefficient (Wildman–Crippen LogP) is 5.15. The third kappa shape index (κ3) is 12.2. The monoisotopic (exact) mass is 708 g/mol. The topological polar surface area (TPSA) is 195 Å². The minimum absolute atomic E-state index is 0.0283. The number of nitrogens with two attached hydrogens (primary N) is 1. The van der Waals surface area contributed by atoms with Crippen LogP contribution >= 0.6 is 0 Å². The number of hydrogen-bond donors (Lipinski definition) is 3. The highest BCUT2D eigenvalue weighted by Gasteiger charge is 2.13. The van der Waals surface area contributed by atoms with Crippen LogP contribution in [-0.4, -0.2) is 62.4 Å². The Morgan fingerprint density at radius 3 is 1.67 bits per heavy atom. The number of alkyl carbamates (subject to hydrolysis) is 1. The van der Waals surface area contributed by atoms with Crippen molar-refractivity contribution in [1.82, 2.24) is 5.32 Å². The standard InChI is InChI=1S/C19H24N2O6.C18H24N2O4/c1-3-21(4-2)14-7-8-15-13(10-18(24)27-16(15)11-14)12-26-19(25)20-9-5-6-17(22)23;1-3-20(4-2)14-7-8-15-13(10-18(22)24-16(15)11-14)12-23-17(21)6-5-9-19/h7-8,10-11H,3-6,9,12H2,1-2H3,(H,20,25)(H,22,23);7-8,10-11H,3-6,9,12,19H2,1-2H3. The van der Waals surface area contributed by atoms with Gasteiger partial charge >= 0.3 is 29.3 Å². The Kier molecular flexibility index (Phi) is 16.0. The number of hydrogen-bond acceptors (Lipinski definition) is 12. The molecule has 0 unspecified atom stereocenters. The lowest BCUT2D eigenvalue weighted by Crippen LogP contribution is -2.25. The number of nitrogens with zero attached hydrogens (tertiary/aromatic N) is 2.